The number of anilines is 1. The Morgan fingerprint density at radius 3 is 2.27 bits per heavy atom. The maximum absolute atomic E-state index is 12.4. The first-order valence-corrected chi connectivity index (χ1v) is 4.33. The first kappa shape index (κ1) is 12.2. The fraction of sp³-hybridized carbons (Fsp3) is 0.286. The van der Waals surface area contributed by atoms with Crippen LogP contribution in [0.3, 0.4) is 0 Å². The number of aromatic nitrogens is 1. The zero-order valence-electron chi connectivity index (χ0n) is 6.95. The molecule has 1 aromatic heterocycles. The van der Waals surface area contributed by atoms with Gasteiger partial charge in [-0.3, -0.25) is 0 Å². The summed E-state index contributed by atoms with van der Waals surface area (Å²) in [5.74, 6) is 0. The van der Waals surface area contributed by atoms with Crippen molar-refractivity contribution in [2.75, 3.05) is 5.73 Å². The Morgan fingerprint density at radius 2 is 1.87 bits per heavy atom. The van der Waals surface area contributed by atoms with Crippen molar-refractivity contribution in [2.24, 2.45) is 0 Å². The van der Waals surface area contributed by atoms with Gasteiger partial charge in [0, 0.05) is 6.20 Å². The molecule has 1 rings (SSSR count). The lowest BCUT2D eigenvalue weighted by Gasteiger charge is -2.14. The van der Waals surface area contributed by atoms with Gasteiger partial charge in [0.05, 0.1) is 16.8 Å². The molecule has 2 nitrogen and oxygen atoms in total. The van der Waals surface area contributed by atoms with Crippen molar-refractivity contribution in [2.45, 2.75) is 12.6 Å². The molecule has 0 fully saturated rings. The van der Waals surface area contributed by atoms with Crippen LogP contribution in [0.4, 0.5) is 27.6 Å². The van der Waals surface area contributed by atoms with Crippen LogP contribution in [0.15, 0.2) is 10.8 Å². The van der Waals surface area contributed by atoms with E-state index in [1.165, 1.54) is 0 Å². The molecule has 0 atom stereocenters. The number of rotatable bonds is 1. The smallest absolute Gasteiger partial charge is 0.396 e. The second-order valence-corrected chi connectivity index (χ2v) is 3.34. The first-order valence-electron chi connectivity index (χ1n) is 3.54. The minimum atomic E-state index is -4.90. The van der Waals surface area contributed by atoms with E-state index in [2.05, 4.69) is 20.9 Å². The Labute approximate surface area is 89.4 Å². The molecule has 8 heteroatoms. The standard InChI is InChI=1S/C7H4BrF5N2/c8-5-4(14)3(6(9)10)2(1-15-5)7(11,12)13/h1,6H,14H2. The third-order valence-corrected chi connectivity index (χ3v) is 2.27. The van der Waals surface area contributed by atoms with Crippen LogP contribution in [-0.4, -0.2) is 4.98 Å². The number of hydrogen-bond donors (Lipinski definition) is 1. The minimum Gasteiger partial charge on any atom is -0.396 e. The summed E-state index contributed by atoms with van der Waals surface area (Å²) in [5, 5.41) is 0. The normalized spacial score (nSPS) is 12.2. The molecule has 1 heterocycles. The SMILES string of the molecule is Nc1c(Br)ncc(C(F)(F)F)c1C(F)F. The van der Waals surface area contributed by atoms with Gasteiger partial charge in [0.1, 0.15) is 4.60 Å². The van der Waals surface area contributed by atoms with Gasteiger partial charge in [0.15, 0.2) is 0 Å². The molecule has 2 N–H and O–H groups in total. The van der Waals surface area contributed by atoms with E-state index < -0.39 is 29.4 Å². The summed E-state index contributed by atoms with van der Waals surface area (Å²) in [5.41, 5.74) is 1.64. The minimum absolute atomic E-state index is 0.231. The predicted molar refractivity (Wildman–Crippen MR) is 46.3 cm³/mol. The molecule has 0 saturated carbocycles. The number of alkyl halides is 5. The summed E-state index contributed by atoms with van der Waals surface area (Å²) in [6.45, 7) is 0. The van der Waals surface area contributed by atoms with E-state index in [-0.39, 0.29) is 4.60 Å². The molecule has 0 saturated heterocycles. The van der Waals surface area contributed by atoms with Crippen LogP contribution < -0.4 is 5.73 Å². The highest BCUT2D eigenvalue weighted by atomic mass is 79.9. The molecule has 1 aromatic rings. The summed E-state index contributed by atoms with van der Waals surface area (Å²) in [6.07, 6.45) is -7.88. The molecule has 15 heavy (non-hydrogen) atoms. The Balaban J connectivity index is 3.47. The van der Waals surface area contributed by atoms with Crippen molar-refractivity contribution in [3.8, 4) is 0 Å². The van der Waals surface area contributed by atoms with Crippen molar-refractivity contribution >= 4 is 21.6 Å². The molecule has 0 aliphatic carbocycles. The molecule has 0 amide bonds. The van der Waals surface area contributed by atoms with E-state index in [1.54, 1.807) is 0 Å². The maximum atomic E-state index is 12.4. The van der Waals surface area contributed by atoms with Crippen molar-refractivity contribution in [1.82, 2.24) is 4.98 Å². The third-order valence-electron chi connectivity index (χ3n) is 1.63. The average Bonchev–Trinajstić information content (AvgIpc) is 2.06. The predicted octanol–water partition coefficient (Wildman–Crippen LogP) is 3.38. The second-order valence-electron chi connectivity index (χ2n) is 2.59. The Bertz CT molecular complexity index is 376. The number of nitrogens with zero attached hydrogens (tertiary/aromatic N) is 1. The quantitative estimate of drug-likeness (QED) is 0.636. The zero-order valence-corrected chi connectivity index (χ0v) is 8.53. The number of hydrogen-bond acceptors (Lipinski definition) is 2. The molecular formula is C7H4BrF5N2. The fourth-order valence-corrected chi connectivity index (χ4v) is 1.29. The molecule has 0 aliphatic heterocycles. The molecule has 0 bridgehead atoms. The van der Waals surface area contributed by atoms with E-state index in [9.17, 15) is 22.0 Å². The monoisotopic (exact) mass is 290 g/mol. The Hall–Kier alpha value is -0.920. The van der Waals surface area contributed by atoms with Gasteiger partial charge >= 0.3 is 6.18 Å². The Morgan fingerprint density at radius 1 is 1.33 bits per heavy atom. The lowest BCUT2D eigenvalue weighted by atomic mass is 10.1. The van der Waals surface area contributed by atoms with Gasteiger partial charge < -0.3 is 5.73 Å². The highest BCUT2D eigenvalue weighted by Crippen LogP contribution is 2.40. The van der Waals surface area contributed by atoms with Gasteiger partial charge in [-0.05, 0) is 15.9 Å². The van der Waals surface area contributed by atoms with Crippen LogP contribution in [0.25, 0.3) is 0 Å². The largest absolute Gasteiger partial charge is 0.418 e. The van der Waals surface area contributed by atoms with Gasteiger partial charge in [-0.15, -0.1) is 0 Å². The summed E-state index contributed by atoms with van der Waals surface area (Å²) in [7, 11) is 0. The number of pyridine rings is 1. The molecular weight excluding hydrogens is 287 g/mol. The van der Waals surface area contributed by atoms with Gasteiger partial charge in [-0.25, -0.2) is 13.8 Å². The van der Waals surface area contributed by atoms with Crippen LogP contribution in [0, 0.1) is 0 Å². The van der Waals surface area contributed by atoms with Crippen LogP contribution in [0.1, 0.15) is 17.6 Å². The fourth-order valence-electron chi connectivity index (χ4n) is 0.978. The Kier molecular flexibility index (Phi) is 3.17. The van der Waals surface area contributed by atoms with Crippen LogP contribution >= 0.6 is 15.9 Å². The van der Waals surface area contributed by atoms with Gasteiger partial charge in [-0.2, -0.15) is 13.2 Å². The number of nitrogens with two attached hydrogens (primary N) is 1. The van der Waals surface area contributed by atoms with Crippen molar-refractivity contribution in [3.05, 3.63) is 21.9 Å². The molecule has 0 unspecified atom stereocenters. The molecule has 0 aromatic carbocycles. The van der Waals surface area contributed by atoms with E-state index in [0.717, 1.165) is 0 Å². The van der Waals surface area contributed by atoms with Crippen molar-refractivity contribution < 1.29 is 22.0 Å². The van der Waals surface area contributed by atoms with E-state index in [1.807, 2.05) is 0 Å². The van der Waals surface area contributed by atoms with E-state index >= 15 is 0 Å². The summed E-state index contributed by atoms with van der Waals surface area (Å²) < 4.78 is 61.3. The lowest BCUT2D eigenvalue weighted by molar-refractivity contribution is -0.139. The highest BCUT2D eigenvalue weighted by Gasteiger charge is 2.37. The van der Waals surface area contributed by atoms with Gasteiger partial charge in [0.25, 0.3) is 6.43 Å². The molecule has 0 radical (unpaired) electrons. The van der Waals surface area contributed by atoms with E-state index in [0.29, 0.717) is 6.20 Å². The maximum Gasteiger partial charge on any atom is 0.418 e. The second kappa shape index (κ2) is 3.92. The van der Waals surface area contributed by atoms with Gasteiger partial charge in [0.2, 0.25) is 0 Å². The zero-order chi connectivity index (χ0) is 11.8. The number of nitrogen functional groups attached to an aromatic ring is 1. The van der Waals surface area contributed by atoms with Crippen LogP contribution in [-0.2, 0) is 6.18 Å². The average molecular weight is 291 g/mol. The topological polar surface area (TPSA) is 38.9 Å². The summed E-state index contributed by atoms with van der Waals surface area (Å²) in [4.78, 5) is 3.23. The summed E-state index contributed by atoms with van der Waals surface area (Å²) in [6, 6.07) is 0. The van der Waals surface area contributed by atoms with Crippen LogP contribution in [0.2, 0.25) is 0 Å². The van der Waals surface area contributed by atoms with E-state index in [4.69, 9.17) is 5.73 Å². The summed E-state index contributed by atoms with van der Waals surface area (Å²) >= 11 is 2.68. The van der Waals surface area contributed by atoms with Crippen LogP contribution in [0.5, 0.6) is 0 Å². The van der Waals surface area contributed by atoms with Gasteiger partial charge in [-0.1, -0.05) is 0 Å². The molecule has 0 spiro atoms. The molecule has 0 aliphatic rings. The number of halogens is 6. The third kappa shape index (κ3) is 2.36. The lowest BCUT2D eigenvalue weighted by Crippen LogP contribution is -2.13. The van der Waals surface area contributed by atoms with Crippen molar-refractivity contribution in [1.29, 1.82) is 0 Å². The van der Waals surface area contributed by atoms with Crippen molar-refractivity contribution in [3.63, 3.8) is 0 Å². The highest BCUT2D eigenvalue weighted by molar-refractivity contribution is 9.10. The first-order chi connectivity index (χ1) is 6.75. The molecule has 84 valence electrons.